The second-order valence-corrected chi connectivity index (χ2v) is 7.50. The molecule has 144 valence electrons. The molecule has 0 bridgehead atoms. The van der Waals surface area contributed by atoms with Crippen molar-refractivity contribution in [3.8, 4) is 5.75 Å². The van der Waals surface area contributed by atoms with E-state index in [9.17, 15) is 0 Å². The Labute approximate surface area is 166 Å². The molecule has 1 saturated carbocycles. The zero-order chi connectivity index (χ0) is 19.7. The third-order valence-electron chi connectivity index (χ3n) is 5.80. The molecule has 3 heterocycles. The number of para-hydroxylation sites is 3. The SMILES string of the molecule is COc1cccc2c1nc(N)n1nc(C3CC3c3nc4ccccc4n3C)nc21. The summed E-state index contributed by atoms with van der Waals surface area (Å²) >= 11 is 0. The molecule has 8 nitrogen and oxygen atoms in total. The molecule has 3 aromatic heterocycles. The molecule has 8 heteroatoms. The van der Waals surface area contributed by atoms with E-state index in [1.807, 2.05) is 36.4 Å². The lowest BCUT2D eigenvalue weighted by atomic mass is 10.2. The van der Waals surface area contributed by atoms with Gasteiger partial charge in [-0.3, -0.25) is 0 Å². The molecule has 2 aromatic carbocycles. The molecular weight excluding hydrogens is 366 g/mol. The van der Waals surface area contributed by atoms with Gasteiger partial charge in [-0.2, -0.15) is 4.52 Å². The average molecular weight is 385 g/mol. The van der Waals surface area contributed by atoms with Gasteiger partial charge in [0.15, 0.2) is 11.5 Å². The van der Waals surface area contributed by atoms with Crippen LogP contribution < -0.4 is 10.5 Å². The number of hydrogen-bond donors (Lipinski definition) is 1. The zero-order valence-corrected chi connectivity index (χ0v) is 16.1. The number of nitrogens with two attached hydrogens (primary N) is 1. The summed E-state index contributed by atoms with van der Waals surface area (Å²) < 4.78 is 9.23. The number of hydrogen-bond acceptors (Lipinski definition) is 6. The van der Waals surface area contributed by atoms with E-state index in [0.717, 1.165) is 34.5 Å². The first-order valence-electron chi connectivity index (χ1n) is 9.56. The largest absolute Gasteiger partial charge is 0.494 e. The summed E-state index contributed by atoms with van der Waals surface area (Å²) in [5.41, 5.74) is 9.74. The molecule has 2 unspecified atom stereocenters. The minimum atomic E-state index is 0.227. The molecule has 0 radical (unpaired) electrons. The summed E-state index contributed by atoms with van der Waals surface area (Å²) in [4.78, 5) is 14.2. The Bertz CT molecular complexity index is 1420. The van der Waals surface area contributed by atoms with Crippen molar-refractivity contribution in [1.82, 2.24) is 29.1 Å². The van der Waals surface area contributed by atoms with Crippen LogP contribution in [0.15, 0.2) is 42.5 Å². The number of nitrogen functional groups attached to an aromatic ring is 1. The van der Waals surface area contributed by atoms with Gasteiger partial charge in [0.05, 0.1) is 18.1 Å². The van der Waals surface area contributed by atoms with Gasteiger partial charge < -0.3 is 15.0 Å². The first kappa shape index (κ1) is 16.3. The van der Waals surface area contributed by atoms with Crippen molar-refractivity contribution in [2.45, 2.75) is 18.3 Å². The molecule has 1 aliphatic carbocycles. The molecule has 1 aliphatic rings. The lowest BCUT2D eigenvalue weighted by molar-refractivity contribution is 0.419. The first-order valence-corrected chi connectivity index (χ1v) is 9.56. The number of rotatable bonds is 3. The Hall–Kier alpha value is -3.68. The molecule has 0 aliphatic heterocycles. The second-order valence-electron chi connectivity index (χ2n) is 7.50. The highest BCUT2D eigenvalue weighted by Crippen LogP contribution is 2.53. The Balaban J connectivity index is 1.45. The van der Waals surface area contributed by atoms with Crippen LogP contribution in [0.25, 0.3) is 27.6 Å². The predicted octanol–water partition coefficient (Wildman–Crippen LogP) is 3.03. The van der Waals surface area contributed by atoms with E-state index in [0.29, 0.717) is 28.8 Å². The number of benzene rings is 2. The fourth-order valence-electron chi connectivity index (χ4n) is 4.23. The summed E-state index contributed by atoms with van der Waals surface area (Å²) in [6.45, 7) is 0. The minimum Gasteiger partial charge on any atom is -0.494 e. The number of aryl methyl sites for hydroxylation is 1. The van der Waals surface area contributed by atoms with E-state index in [1.54, 1.807) is 11.6 Å². The Kier molecular flexibility index (Phi) is 3.18. The Morgan fingerprint density at radius 3 is 2.72 bits per heavy atom. The number of imidazole rings is 1. The maximum Gasteiger partial charge on any atom is 0.223 e. The summed E-state index contributed by atoms with van der Waals surface area (Å²) in [5.74, 6) is 3.37. The molecular formula is C21H19N7O. The topological polar surface area (TPSA) is 96.1 Å². The molecule has 1 fully saturated rings. The van der Waals surface area contributed by atoms with Crippen molar-refractivity contribution >= 4 is 33.5 Å². The molecule has 5 aromatic rings. The normalized spacial score (nSPS) is 18.7. The van der Waals surface area contributed by atoms with Crippen molar-refractivity contribution < 1.29 is 4.74 Å². The van der Waals surface area contributed by atoms with Crippen LogP contribution in [0.4, 0.5) is 5.95 Å². The van der Waals surface area contributed by atoms with E-state index in [-0.39, 0.29) is 5.92 Å². The first-order chi connectivity index (χ1) is 14.2. The van der Waals surface area contributed by atoms with Gasteiger partial charge in [0.2, 0.25) is 5.95 Å². The van der Waals surface area contributed by atoms with Crippen LogP contribution in [0.1, 0.15) is 29.9 Å². The lowest BCUT2D eigenvalue weighted by Crippen LogP contribution is -2.03. The van der Waals surface area contributed by atoms with E-state index < -0.39 is 0 Å². The smallest absolute Gasteiger partial charge is 0.223 e. The van der Waals surface area contributed by atoms with Gasteiger partial charge in [-0.15, -0.1) is 5.10 Å². The van der Waals surface area contributed by atoms with Crippen LogP contribution in [0.5, 0.6) is 5.75 Å². The van der Waals surface area contributed by atoms with Crippen LogP contribution in [-0.2, 0) is 7.05 Å². The summed E-state index contributed by atoms with van der Waals surface area (Å²) in [6.07, 6.45) is 0.975. The molecule has 0 amide bonds. The third kappa shape index (κ3) is 2.25. The van der Waals surface area contributed by atoms with Crippen molar-refractivity contribution in [2.24, 2.45) is 7.05 Å². The van der Waals surface area contributed by atoms with Gasteiger partial charge in [0.1, 0.15) is 17.1 Å². The lowest BCUT2D eigenvalue weighted by Gasteiger charge is -2.06. The molecule has 2 atom stereocenters. The van der Waals surface area contributed by atoms with E-state index in [2.05, 4.69) is 27.8 Å². The molecule has 29 heavy (non-hydrogen) atoms. The summed E-state index contributed by atoms with van der Waals surface area (Å²) in [5, 5.41) is 5.55. The standard InChI is InChI=1S/C21H19N7O/c1-27-15-8-4-3-7-14(15)23-19(27)13-10-12(13)18-25-20-11-6-5-9-16(29-2)17(11)24-21(22)28(20)26-18/h3-9,12-13H,10H2,1-2H3,(H2,22,24). The van der Waals surface area contributed by atoms with Gasteiger partial charge in [-0.1, -0.05) is 18.2 Å². The van der Waals surface area contributed by atoms with E-state index in [1.165, 1.54) is 0 Å². The van der Waals surface area contributed by atoms with Gasteiger partial charge >= 0.3 is 0 Å². The van der Waals surface area contributed by atoms with Crippen molar-refractivity contribution in [2.75, 3.05) is 12.8 Å². The highest BCUT2D eigenvalue weighted by molar-refractivity contribution is 5.95. The number of methoxy groups -OCH3 is 1. The monoisotopic (exact) mass is 385 g/mol. The third-order valence-corrected chi connectivity index (χ3v) is 5.80. The molecule has 0 spiro atoms. The van der Waals surface area contributed by atoms with Gasteiger partial charge in [0.25, 0.3) is 0 Å². The highest BCUT2D eigenvalue weighted by Gasteiger charge is 2.45. The Morgan fingerprint density at radius 1 is 1.03 bits per heavy atom. The number of nitrogens with zero attached hydrogens (tertiary/aromatic N) is 6. The molecule has 6 rings (SSSR count). The van der Waals surface area contributed by atoms with Crippen LogP contribution in [0, 0.1) is 0 Å². The van der Waals surface area contributed by atoms with Crippen LogP contribution in [-0.4, -0.2) is 36.2 Å². The second kappa shape index (κ2) is 5.66. The predicted molar refractivity (Wildman–Crippen MR) is 110 cm³/mol. The quantitative estimate of drug-likeness (QED) is 0.513. The molecule has 0 saturated heterocycles. The fourth-order valence-corrected chi connectivity index (χ4v) is 4.23. The van der Waals surface area contributed by atoms with E-state index in [4.69, 9.17) is 20.4 Å². The maximum atomic E-state index is 6.18. The fraction of sp³-hybridized carbons (Fsp3) is 0.238. The Morgan fingerprint density at radius 2 is 1.90 bits per heavy atom. The molecule has 2 N–H and O–H groups in total. The minimum absolute atomic E-state index is 0.227. The zero-order valence-electron chi connectivity index (χ0n) is 16.1. The number of ether oxygens (including phenoxy) is 1. The number of fused-ring (bicyclic) bond motifs is 4. The summed E-state index contributed by atoms with van der Waals surface area (Å²) in [7, 11) is 3.69. The van der Waals surface area contributed by atoms with Gasteiger partial charge in [-0.25, -0.2) is 15.0 Å². The van der Waals surface area contributed by atoms with Crippen LogP contribution in [0.2, 0.25) is 0 Å². The number of anilines is 1. The van der Waals surface area contributed by atoms with Crippen LogP contribution in [0.3, 0.4) is 0 Å². The maximum absolute atomic E-state index is 6.18. The average Bonchev–Trinajstić information content (AvgIpc) is 3.27. The van der Waals surface area contributed by atoms with E-state index >= 15 is 0 Å². The van der Waals surface area contributed by atoms with Crippen molar-refractivity contribution in [1.29, 1.82) is 0 Å². The van der Waals surface area contributed by atoms with Crippen molar-refractivity contribution in [3.05, 3.63) is 54.1 Å². The highest BCUT2D eigenvalue weighted by atomic mass is 16.5. The summed E-state index contributed by atoms with van der Waals surface area (Å²) in [6, 6.07) is 14.0. The van der Waals surface area contributed by atoms with Crippen molar-refractivity contribution in [3.63, 3.8) is 0 Å². The number of aromatic nitrogens is 6. The van der Waals surface area contributed by atoms with Gasteiger partial charge in [-0.05, 0) is 30.7 Å². The van der Waals surface area contributed by atoms with Crippen LogP contribution >= 0.6 is 0 Å². The van der Waals surface area contributed by atoms with Gasteiger partial charge in [0, 0.05) is 24.3 Å².